The van der Waals surface area contributed by atoms with E-state index < -0.39 is 30.2 Å². The van der Waals surface area contributed by atoms with Crippen LogP contribution in [0.25, 0.3) is 0 Å². The number of hydrogen-bond donors (Lipinski definition) is 1. The number of ether oxygens (including phenoxy) is 1. The van der Waals surface area contributed by atoms with E-state index in [4.69, 9.17) is 43.0 Å². The molecule has 0 aliphatic rings. The molecule has 0 fully saturated rings. The summed E-state index contributed by atoms with van der Waals surface area (Å²) in [6.07, 6.45) is -3.69. The Morgan fingerprint density at radius 3 is 1.44 bits per heavy atom. The highest BCUT2D eigenvalue weighted by molar-refractivity contribution is 8.24. The second-order valence-electron chi connectivity index (χ2n) is 6.44. The zero-order valence-corrected chi connectivity index (χ0v) is 27.1. The van der Waals surface area contributed by atoms with Gasteiger partial charge in [0.1, 0.15) is 17.5 Å². The van der Waals surface area contributed by atoms with E-state index in [-0.39, 0.29) is 19.6 Å². The normalized spacial score (nSPS) is 13.3. The fraction of sp³-hybridized carbons (Fsp3) is 0.278. The number of rotatable bonds is 8. The Labute approximate surface area is 246 Å². The summed E-state index contributed by atoms with van der Waals surface area (Å²) in [5, 5.41) is -0.788. The van der Waals surface area contributed by atoms with Crippen molar-refractivity contribution < 1.29 is 32.3 Å². The minimum absolute atomic E-state index is 0. The molecule has 0 saturated carbocycles. The van der Waals surface area contributed by atoms with Gasteiger partial charge in [-0.1, -0.05) is 36.4 Å². The molecule has 2 rings (SSSR count). The first kappa shape index (κ1) is 38.4. The maximum atomic E-state index is 12.0. The van der Waals surface area contributed by atoms with Gasteiger partial charge in [-0.3, -0.25) is 9.36 Å². The summed E-state index contributed by atoms with van der Waals surface area (Å²) in [5.74, 6) is 0.228. The van der Waals surface area contributed by atoms with Crippen LogP contribution in [0.1, 0.15) is 20.8 Å². The molecule has 0 aliphatic heterocycles. The van der Waals surface area contributed by atoms with Crippen molar-refractivity contribution in [1.82, 2.24) is 5.09 Å². The molecule has 0 bridgehead atoms. The van der Waals surface area contributed by atoms with E-state index in [1.54, 1.807) is 74.5 Å². The molecule has 0 amide bonds. The average Bonchev–Trinajstić information content (AvgIpc) is 2.66. The summed E-state index contributed by atoms with van der Waals surface area (Å²) in [6, 6.07) is 16.2. The van der Waals surface area contributed by atoms with Crippen molar-refractivity contribution >= 4 is 105 Å². The van der Waals surface area contributed by atoms with Crippen LogP contribution >= 0.6 is 99.1 Å². The van der Waals surface area contributed by atoms with Crippen LogP contribution in [0.3, 0.4) is 0 Å². The standard InChI is InChI=1S/C12H17ClNO4P.C6H5Cl2O2P.Cl3OP.H2S/c1-9(2)17-12(15)10(3)14-19(13,16)18-11-7-5-4-6-8-11;7-11(8,9)10-6-4-2-1-3-5-6;1-5(2,3)4;/h4-10H,1-3H3,(H,14,16);1-5H;;1H2/t10-,19?;;;/m0.../s1. The Morgan fingerprint density at radius 2 is 1.11 bits per heavy atom. The molecule has 0 aromatic heterocycles. The predicted octanol–water partition coefficient (Wildman–Crippen LogP) is 9.92. The van der Waals surface area contributed by atoms with Gasteiger partial charge >= 0.3 is 24.1 Å². The lowest BCUT2D eigenvalue weighted by Gasteiger charge is -2.19. The van der Waals surface area contributed by atoms with Crippen LogP contribution in [0.4, 0.5) is 0 Å². The molecular formula is C18H24Cl6NO7P3S. The van der Waals surface area contributed by atoms with Gasteiger partial charge in [0, 0.05) is 33.7 Å². The predicted molar refractivity (Wildman–Crippen MR) is 156 cm³/mol. The first-order chi connectivity index (χ1) is 15.9. The summed E-state index contributed by atoms with van der Waals surface area (Å²) in [6.45, 7) is 1.32. The molecule has 206 valence electrons. The third kappa shape index (κ3) is 24.6. The smallest absolute Gasteiger partial charge is 0.428 e. The Bertz CT molecular complexity index is 1040. The van der Waals surface area contributed by atoms with Gasteiger partial charge in [0.05, 0.1) is 6.10 Å². The minimum atomic E-state index is -3.65. The lowest BCUT2D eigenvalue weighted by atomic mass is 10.3. The first-order valence-electron chi connectivity index (χ1n) is 9.33. The molecule has 2 aromatic carbocycles. The quantitative estimate of drug-likeness (QED) is 0.214. The molecule has 1 unspecified atom stereocenters. The second kappa shape index (κ2) is 18.5. The van der Waals surface area contributed by atoms with Gasteiger partial charge in [-0.25, -0.2) is 14.2 Å². The fourth-order valence-electron chi connectivity index (χ4n) is 1.87. The van der Waals surface area contributed by atoms with Gasteiger partial charge < -0.3 is 13.8 Å². The van der Waals surface area contributed by atoms with Crippen LogP contribution in [0, 0.1) is 0 Å². The number of hydrogen-bond acceptors (Lipinski definition) is 7. The molecule has 36 heavy (non-hydrogen) atoms. The molecule has 2 atom stereocenters. The van der Waals surface area contributed by atoms with E-state index in [0.717, 1.165) is 0 Å². The van der Waals surface area contributed by atoms with Crippen LogP contribution in [-0.4, -0.2) is 18.1 Å². The molecule has 0 heterocycles. The van der Waals surface area contributed by atoms with E-state index >= 15 is 0 Å². The Morgan fingerprint density at radius 1 is 0.750 bits per heavy atom. The van der Waals surface area contributed by atoms with Crippen molar-refractivity contribution in [3.8, 4) is 11.5 Å². The van der Waals surface area contributed by atoms with Crippen molar-refractivity contribution in [2.24, 2.45) is 0 Å². The summed E-state index contributed by atoms with van der Waals surface area (Å²) in [5.41, 5.74) is 0. The molecular weight excluding hydrogens is 680 g/mol. The third-order valence-electron chi connectivity index (χ3n) is 2.97. The van der Waals surface area contributed by atoms with Crippen LogP contribution < -0.4 is 14.1 Å². The van der Waals surface area contributed by atoms with Gasteiger partial charge in [0.2, 0.25) is 0 Å². The number of halogens is 6. The van der Waals surface area contributed by atoms with E-state index in [1.807, 2.05) is 0 Å². The highest BCUT2D eigenvalue weighted by Crippen LogP contribution is 2.61. The summed E-state index contributed by atoms with van der Waals surface area (Å²) in [4.78, 5) is 11.6. The SMILES string of the molecule is CC(C)OC(=O)[C@H](C)NP(=O)(Cl)Oc1ccccc1.O=P(Cl)(Cl)Cl.O=P(Cl)(Cl)Oc1ccccc1.S. The molecule has 8 nitrogen and oxygen atoms in total. The van der Waals surface area contributed by atoms with E-state index in [9.17, 15) is 18.5 Å². The Balaban J connectivity index is 0. The molecule has 0 spiro atoms. The highest BCUT2D eigenvalue weighted by Gasteiger charge is 2.28. The van der Waals surface area contributed by atoms with Crippen LogP contribution in [0.5, 0.6) is 11.5 Å². The maximum absolute atomic E-state index is 12.0. The van der Waals surface area contributed by atoms with E-state index in [0.29, 0.717) is 11.5 Å². The number of nitrogens with one attached hydrogen (secondary N) is 1. The molecule has 18 heteroatoms. The summed E-state index contributed by atoms with van der Waals surface area (Å²) < 4.78 is 47.0. The monoisotopic (exact) mass is 701 g/mol. The minimum Gasteiger partial charge on any atom is -0.462 e. The first-order valence-corrected chi connectivity index (χ1v) is 19.7. The van der Waals surface area contributed by atoms with Crippen molar-refractivity contribution in [2.45, 2.75) is 32.9 Å². The number of carbonyl (C=O) groups is 1. The summed E-state index contributed by atoms with van der Waals surface area (Å²) in [7, 11) is 0. The Kier molecular flexibility index (Phi) is 19.8. The van der Waals surface area contributed by atoms with Crippen molar-refractivity contribution in [1.29, 1.82) is 0 Å². The van der Waals surface area contributed by atoms with Gasteiger partial charge in [0.15, 0.2) is 0 Å². The maximum Gasteiger partial charge on any atom is 0.428 e. The van der Waals surface area contributed by atoms with Crippen molar-refractivity contribution in [2.75, 3.05) is 0 Å². The molecule has 0 aliphatic carbocycles. The second-order valence-corrected chi connectivity index (χ2v) is 20.0. The third-order valence-corrected chi connectivity index (χ3v) is 5.45. The fourth-order valence-corrected chi connectivity index (χ4v) is 4.40. The van der Waals surface area contributed by atoms with Gasteiger partial charge in [0.25, 0.3) is 0 Å². The lowest BCUT2D eigenvalue weighted by Crippen LogP contribution is -2.34. The van der Waals surface area contributed by atoms with Crippen LogP contribution in [0.15, 0.2) is 60.7 Å². The molecule has 2 aromatic rings. The van der Waals surface area contributed by atoms with Crippen molar-refractivity contribution in [3.63, 3.8) is 0 Å². The topological polar surface area (TPSA) is 108 Å². The number of esters is 1. The van der Waals surface area contributed by atoms with E-state index in [2.05, 4.69) is 43.3 Å². The molecule has 0 saturated heterocycles. The van der Waals surface area contributed by atoms with E-state index in [1.165, 1.54) is 6.92 Å². The zero-order chi connectivity index (χ0) is 27.3. The molecule has 0 radical (unpaired) electrons. The largest absolute Gasteiger partial charge is 0.462 e. The van der Waals surface area contributed by atoms with Crippen molar-refractivity contribution in [3.05, 3.63) is 60.7 Å². The number of para-hydroxylation sites is 2. The highest BCUT2D eigenvalue weighted by atomic mass is 36.0. The number of carbonyl (C=O) groups excluding carboxylic acids is 1. The average molecular weight is 704 g/mol. The number of benzene rings is 2. The van der Waals surface area contributed by atoms with Crippen LogP contribution in [-0.2, 0) is 23.2 Å². The van der Waals surface area contributed by atoms with Gasteiger partial charge in [-0.15, -0.1) is 0 Å². The zero-order valence-electron chi connectivity index (χ0n) is 18.9. The van der Waals surface area contributed by atoms with Gasteiger partial charge in [-0.2, -0.15) is 13.5 Å². The van der Waals surface area contributed by atoms with Crippen LogP contribution in [0.2, 0.25) is 0 Å². The Hall–Kier alpha value is 0.250. The van der Waals surface area contributed by atoms with Gasteiger partial charge in [-0.05, 0) is 78.8 Å². The molecule has 1 N–H and O–H groups in total. The summed E-state index contributed by atoms with van der Waals surface area (Å²) >= 11 is 29.9. The lowest BCUT2D eigenvalue weighted by molar-refractivity contribution is -0.148.